The molecule has 1 saturated carbocycles. The minimum Gasteiger partial charge on any atom is -0.490 e. The maximum Gasteiger partial charge on any atom is 0.122 e. The Hall–Kier alpha value is -1.02. The number of nitrogens with two attached hydrogens (primary N) is 1. The molecule has 2 N–H and O–H groups in total. The van der Waals surface area contributed by atoms with Crippen molar-refractivity contribution in [2.45, 2.75) is 52.7 Å². The van der Waals surface area contributed by atoms with Crippen LogP contribution in [0.1, 0.15) is 44.2 Å². The minimum atomic E-state index is 0.378. The fourth-order valence-corrected chi connectivity index (χ4v) is 2.68. The third kappa shape index (κ3) is 3.05. The van der Waals surface area contributed by atoms with Crippen molar-refractivity contribution in [1.82, 2.24) is 0 Å². The van der Waals surface area contributed by atoms with Gasteiger partial charge in [-0.3, -0.25) is 0 Å². The van der Waals surface area contributed by atoms with E-state index in [1.807, 2.05) is 0 Å². The van der Waals surface area contributed by atoms with E-state index in [1.54, 1.807) is 0 Å². The molecule has 2 rings (SSSR count). The molecule has 0 radical (unpaired) electrons. The second-order valence-electron chi connectivity index (χ2n) is 5.81. The van der Waals surface area contributed by atoms with Crippen molar-refractivity contribution in [1.29, 1.82) is 0 Å². The SMILES string of the molecule is Cc1ccc(CN)cc1OC1CCC(C)C(C)C1. The monoisotopic (exact) mass is 247 g/mol. The van der Waals surface area contributed by atoms with Crippen LogP contribution in [0.3, 0.4) is 0 Å². The molecule has 18 heavy (non-hydrogen) atoms. The van der Waals surface area contributed by atoms with Crippen molar-refractivity contribution in [3.05, 3.63) is 29.3 Å². The van der Waals surface area contributed by atoms with Crippen molar-refractivity contribution in [3.63, 3.8) is 0 Å². The molecule has 0 amide bonds. The third-order valence-electron chi connectivity index (χ3n) is 4.33. The molecule has 2 heteroatoms. The Labute approximate surface area is 111 Å². The molecule has 3 atom stereocenters. The summed E-state index contributed by atoms with van der Waals surface area (Å²) in [6.45, 7) is 7.36. The van der Waals surface area contributed by atoms with E-state index in [-0.39, 0.29) is 0 Å². The molecule has 100 valence electrons. The molecule has 3 unspecified atom stereocenters. The first-order valence-corrected chi connectivity index (χ1v) is 7.06. The topological polar surface area (TPSA) is 35.2 Å². The van der Waals surface area contributed by atoms with Crippen LogP contribution < -0.4 is 10.5 Å². The van der Waals surface area contributed by atoms with Crippen LogP contribution in [0.25, 0.3) is 0 Å². The summed E-state index contributed by atoms with van der Waals surface area (Å²) in [5.41, 5.74) is 8.04. The van der Waals surface area contributed by atoms with Crippen molar-refractivity contribution < 1.29 is 4.74 Å². The van der Waals surface area contributed by atoms with Gasteiger partial charge in [0.25, 0.3) is 0 Å². The van der Waals surface area contributed by atoms with Gasteiger partial charge < -0.3 is 10.5 Å². The van der Waals surface area contributed by atoms with E-state index < -0.39 is 0 Å². The Morgan fingerprint density at radius 2 is 2.00 bits per heavy atom. The van der Waals surface area contributed by atoms with Crippen molar-refractivity contribution in [3.8, 4) is 5.75 Å². The molecule has 0 saturated heterocycles. The van der Waals surface area contributed by atoms with Gasteiger partial charge in [0.15, 0.2) is 0 Å². The van der Waals surface area contributed by atoms with E-state index in [4.69, 9.17) is 10.5 Å². The Balaban J connectivity index is 2.05. The van der Waals surface area contributed by atoms with Gasteiger partial charge in [0.05, 0.1) is 6.10 Å². The van der Waals surface area contributed by atoms with Crippen LogP contribution in [0, 0.1) is 18.8 Å². The average molecular weight is 247 g/mol. The zero-order chi connectivity index (χ0) is 13.1. The molecule has 2 nitrogen and oxygen atoms in total. The maximum atomic E-state index is 6.19. The number of rotatable bonds is 3. The van der Waals surface area contributed by atoms with Gasteiger partial charge in [-0.05, 0) is 55.2 Å². The van der Waals surface area contributed by atoms with Gasteiger partial charge in [0.2, 0.25) is 0 Å². The van der Waals surface area contributed by atoms with Crippen LogP contribution in [0.2, 0.25) is 0 Å². The second kappa shape index (κ2) is 5.75. The minimum absolute atomic E-state index is 0.378. The first kappa shape index (κ1) is 13.4. The highest BCUT2D eigenvalue weighted by molar-refractivity contribution is 5.36. The molecule has 0 aromatic heterocycles. The first-order valence-electron chi connectivity index (χ1n) is 7.06. The number of aryl methyl sites for hydroxylation is 1. The molecule has 1 fully saturated rings. The molecule has 1 aromatic carbocycles. The first-order chi connectivity index (χ1) is 8.60. The van der Waals surface area contributed by atoms with E-state index in [9.17, 15) is 0 Å². The van der Waals surface area contributed by atoms with Crippen LogP contribution in [-0.4, -0.2) is 6.10 Å². The van der Waals surface area contributed by atoms with Gasteiger partial charge in [-0.1, -0.05) is 26.0 Å². The summed E-state index contributed by atoms with van der Waals surface area (Å²) in [6.07, 6.45) is 4.01. The van der Waals surface area contributed by atoms with Crippen molar-refractivity contribution >= 4 is 0 Å². The fourth-order valence-electron chi connectivity index (χ4n) is 2.68. The van der Waals surface area contributed by atoms with Crippen LogP contribution in [0.4, 0.5) is 0 Å². The number of ether oxygens (including phenoxy) is 1. The number of hydrogen-bond donors (Lipinski definition) is 1. The highest BCUT2D eigenvalue weighted by Crippen LogP contribution is 2.32. The summed E-state index contributed by atoms with van der Waals surface area (Å²) >= 11 is 0. The van der Waals surface area contributed by atoms with Crippen LogP contribution >= 0.6 is 0 Å². The van der Waals surface area contributed by atoms with Gasteiger partial charge in [0.1, 0.15) is 5.75 Å². The number of benzene rings is 1. The lowest BCUT2D eigenvalue weighted by molar-refractivity contribution is 0.0999. The molecule has 0 aliphatic heterocycles. The van der Waals surface area contributed by atoms with E-state index in [2.05, 4.69) is 39.0 Å². The van der Waals surface area contributed by atoms with E-state index in [0.717, 1.165) is 23.1 Å². The lowest BCUT2D eigenvalue weighted by atomic mass is 9.80. The fraction of sp³-hybridized carbons (Fsp3) is 0.625. The van der Waals surface area contributed by atoms with Crippen molar-refractivity contribution in [2.75, 3.05) is 0 Å². The Morgan fingerprint density at radius 3 is 2.67 bits per heavy atom. The third-order valence-corrected chi connectivity index (χ3v) is 4.33. The molecule has 0 spiro atoms. The van der Waals surface area contributed by atoms with Crippen LogP contribution in [0.5, 0.6) is 5.75 Å². The van der Waals surface area contributed by atoms with Crippen LogP contribution in [-0.2, 0) is 6.54 Å². The molecule has 1 aliphatic rings. The van der Waals surface area contributed by atoms with Crippen molar-refractivity contribution in [2.24, 2.45) is 17.6 Å². The normalized spacial score (nSPS) is 28.1. The summed E-state index contributed by atoms with van der Waals surface area (Å²) in [4.78, 5) is 0. The molecular formula is C16H25NO. The Kier molecular flexibility index (Phi) is 4.28. The number of hydrogen-bond acceptors (Lipinski definition) is 2. The lowest BCUT2D eigenvalue weighted by Crippen LogP contribution is -2.29. The highest BCUT2D eigenvalue weighted by atomic mass is 16.5. The molecule has 1 aliphatic carbocycles. The summed E-state index contributed by atoms with van der Waals surface area (Å²) in [7, 11) is 0. The second-order valence-corrected chi connectivity index (χ2v) is 5.81. The summed E-state index contributed by atoms with van der Waals surface area (Å²) in [6, 6.07) is 6.28. The van der Waals surface area contributed by atoms with Gasteiger partial charge in [0, 0.05) is 6.54 Å². The Morgan fingerprint density at radius 1 is 1.22 bits per heavy atom. The summed E-state index contributed by atoms with van der Waals surface area (Å²) in [5.74, 6) is 2.62. The average Bonchev–Trinajstić information content (AvgIpc) is 2.36. The summed E-state index contributed by atoms with van der Waals surface area (Å²) in [5, 5.41) is 0. The smallest absolute Gasteiger partial charge is 0.122 e. The van der Waals surface area contributed by atoms with E-state index >= 15 is 0 Å². The Bertz CT molecular complexity index is 402. The van der Waals surface area contributed by atoms with Crippen LogP contribution in [0.15, 0.2) is 18.2 Å². The lowest BCUT2D eigenvalue weighted by Gasteiger charge is -2.32. The molecule has 1 aromatic rings. The molecular weight excluding hydrogens is 222 g/mol. The maximum absolute atomic E-state index is 6.19. The summed E-state index contributed by atoms with van der Waals surface area (Å²) < 4.78 is 6.19. The highest BCUT2D eigenvalue weighted by Gasteiger charge is 2.25. The molecule has 0 heterocycles. The zero-order valence-corrected chi connectivity index (χ0v) is 11.8. The van der Waals surface area contributed by atoms with E-state index in [0.29, 0.717) is 12.6 Å². The quantitative estimate of drug-likeness (QED) is 0.884. The van der Waals surface area contributed by atoms with E-state index in [1.165, 1.54) is 24.8 Å². The zero-order valence-electron chi connectivity index (χ0n) is 11.8. The standard InChI is InChI=1S/C16H25NO/c1-11-5-7-15(8-13(11)3)18-16-9-14(10-17)6-4-12(16)2/h4,6,9,11,13,15H,5,7-8,10,17H2,1-3H3. The molecule has 0 bridgehead atoms. The van der Waals surface area contributed by atoms with Gasteiger partial charge in [-0.2, -0.15) is 0 Å². The predicted octanol–water partition coefficient (Wildman–Crippen LogP) is 3.66. The predicted molar refractivity (Wildman–Crippen MR) is 75.7 cm³/mol. The van der Waals surface area contributed by atoms with Gasteiger partial charge in [-0.15, -0.1) is 0 Å². The largest absolute Gasteiger partial charge is 0.490 e. The van der Waals surface area contributed by atoms with Gasteiger partial charge in [-0.25, -0.2) is 0 Å². The van der Waals surface area contributed by atoms with Gasteiger partial charge >= 0.3 is 0 Å².